The summed E-state index contributed by atoms with van der Waals surface area (Å²) < 4.78 is 6.53. The minimum Gasteiger partial charge on any atom is -0.493 e. The summed E-state index contributed by atoms with van der Waals surface area (Å²) in [5, 5.41) is 0. The molecule has 114 valence electrons. The van der Waals surface area contributed by atoms with Gasteiger partial charge in [-0.25, -0.2) is 0 Å². The van der Waals surface area contributed by atoms with E-state index in [9.17, 15) is 9.59 Å². The van der Waals surface area contributed by atoms with Gasteiger partial charge in [0.2, 0.25) is 11.8 Å². The van der Waals surface area contributed by atoms with E-state index in [1.165, 1.54) is 0 Å². The first-order chi connectivity index (χ1) is 10.1. The molecule has 1 fully saturated rings. The molecule has 1 heterocycles. The maximum absolute atomic E-state index is 12.0. The van der Waals surface area contributed by atoms with Crippen LogP contribution in [0.2, 0.25) is 0 Å². The number of carbonyl (C=O) groups is 2. The van der Waals surface area contributed by atoms with Gasteiger partial charge in [-0.1, -0.05) is 15.9 Å². The molecular weight excluding hydrogens is 336 g/mol. The topological polar surface area (TPSA) is 72.6 Å². The lowest BCUT2D eigenvalue weighted by Gasteiger charge is -2.30. The normalized spacial score (nSPS) is 15.8. The lowest BCUT2D eigenvalue weighted by Crippen LogP contribution is -2.42. The van der Waals surface area contributed by atoms with Crippen LogP contribution in [-0.2, 0) is 9.59 Å². The first kappa shape index (κ1) is 15.8. The van der Waals surface area contributed by atoms with Gasteiger partial charge in [0.15, 0.2) is 0 Å². The van der Waals surface area contributed by atoms with Gasteiger partial charge < -0.3 is 15.4 Å². The van der Waals surface area contributed by atoms with Crippen molar-refractivity contribution in [3.8, 4) is 5.75 Å². The molecular formula is C15H19BrN2O3. The molecule has 0 unspecified atom stereocenters. The number of likely N-dealkylation sites (tertiary alicyclic amines) is 1. The average molecular weight is 355 g/mol. The quantitative estimate of drug-likeness (QED) is 0.877. The zero-order chi connectivity index (χ0) is 15.2. The Balaban J connectivity index is 1.70. The lowest BCUT2D eigenvalue weighted by atomic mass is 9.96. The molecule has 5 nitrogen and oxygen atoms in total. The van der Waals surface area contributed by atoms with E-state index in [2.05, 4.69) is 15.9 Å². The fourth-order valence-corrected chi connectivity index (χ4v) is 2.62. The molecule has 0 bridgehead atoms. The molecule has 2 rings (SSSR count). The number of rotatable bonds is 5. The smallest absolute Gasteiger partial charge is 0.225 e. The van der Waals surface area contributed by atoms with Crippen LogP contribution in [0.15, 0.2) is 28.7 Å². The average Bonchev–Trinajstić information content (AvgIpc) is 2.49. The molecule has 2 N–H and O–H groups in total. The van der Waals surface area contributed by atoms with Crippen molar-refractivity contribution in [3.05, 3.63) is 28.7 Å². The van der Waals surface area contributed by atoms with E-state index < -0.39 is 0 Å². The van der Waals surface area contributed by atoms with E-state index in [0.29, 0.717) is 39.0 Å². The molecule has 0 aliphatic carbocycles. The molecule has 1 aliphatic rings. The second kappa shape index (κ2) is 7.45. The van der Waals surface area contributed by atoms with E-state index in [-0.39, 0.29) is 17.7 Å². The Labute approximate surface area is 132 Å². The number of nitrogens with zero attached hydrogens (tertiary/aromatic N) is 1. The Hall–Kier alpha value is -1.56. The molecule has 0 aromatic heterocycles. The van der Waals surface area contributed by atoms with Gasteiger partial charge in [-0.2, -0.15) is 0 Å². The molecule has 1 saturated heterocycles. The fourth-order valence-electron chi connectivity index (χ4n) is 2.36. The highest BCUT2D eigenvalue weighted by atomic mass is 79.9. The van der Waals surface area contributed by atoms with Crippen molar-refractivity contribution in [1.82, 2.24) is 4.90 Å². The van der Waals surface area contributed by atoms with Crippen molar-refractivity contribution in [2.45, 2.75) is 19.3 Å². The maximum atomic E-state index is 12.0. The number of hydrogen-bond acceptors (Lipinski definition) is 3. The number of hydrogen-bond donors (Lipinski definition) is 1. The Morgan fingerprint density at radius 2 is 1.86 bits per heavy atom. The van der Waals surface area contributed by atoms with Crippen LogP contribution in [0.25, 0.3) is 0 Å². The zero-order valence-electron chi connectivity index (χ0n) is 11.8. The molecule has 21 heavy (non-hydrogen) atoms. The summed E-state index contributed by atoms with van der Waals surface area (Å²) >= 11 is 3.35. The predicted molar refractivity (Wildman–Crippen MR) is 82.8 cm³/mol. The maximum Gasteiger partial charge on any atom is 0.225 e. The molecule has 1 aromatic carbocycles. The second-order valence-corrected chi connectivity index (χ2v) is 6.03. The van der Waals surface area contributed by atoms with Gasteiger partial charge >= 0.3 is 0 Å². The number of benzene rings is 1. The molecule has 0 saturated carbocycles. The first-order valence-corrected chi connectivity index (χ1v) is 7.81. The van der Waals surface area contributed by atoms with Crippen molar-refractivity contribution in [3.63, 3.8) is 0 Å². The molecule has 1 aromatic rings. The minimum absolute atomic E-state index is 0.0648. The highest BCUT2D eigenvalue weighted by Crippen LogP contribution is 2.18. The van der Waals surface area contributed by atoms with E-state index in [1.807, 2.05) is 24.3 Å². The van der Waals surface area contributed by atoms with E-state index >= 15 is 0 Å². The standard InChI is InChI=1S/C15H19BrN2O3/c16-12-1-3-13(4-2-12)21-10-7-14(19)18-8-5-11(6-9-18)15(17)20/h1-4,11H,5-10H2,(H2,17,20). The lowest BCUT2D eigenvalue weighted by molar-refractivity contribution is -0.135. The predicted octanol–water partition coefficient (Wildman–Crippen LogP) is 1.94. The largest absolute Gasteiger partial charge is 0.493 e. The molecule has 0 atom stereocenters. The number of nitrogens with two attached hydrogens (primary N) is 1. The minimum atomic E-state index is -0.263. The highest BCUT2D eigenvalue weighted by Gasteiger charge is 2.25. The molecule has 0 spiro atoms. The van der Waals surface area contributed by atoms with Crippen LogP contribution in [0.5, 0.6) is 5.75 Å². The van der Waals surface area contributed by atoms with Crippen molar-refractivity contribution in [2.24, 2.45) is 11.7 Å². The van der Waals surface area contributed by atoms with Crippen LogP contribution < -0.4 is 10.5 Å². The number of primary amides is 1. The van der Waals surface area contributed by atoms with Gasteiger partial charge in [-0.05, 0) is 37.1 Å². The fraction of sp³-hybridized carbons (Fsp3) is 0.467. The van der Waals surface area contributed by atoms with Crippen molar-refractivity contribution >= 4 is 27.7 Å². The summed E-state index contributed by atoms with van der Waals surface area (Å²) in [7, 11) is 0. The van der Waals surface area contributed by atoms with E-state index in [1.54, 1.807) is 4.90 Å². The van der Waals surface area contributed by atoms with Crippen molar-refractivity contribution in [1.29, 1.82) is 0 Å². The van der Waals surface area contributed by atoms with Crippen molar-refractivity contribution in [2.75, 3.05) is 19.7 Å². The van der Waals surface area contributed by atoms with Gasteiger partial charge in [-0.3, -0.25) is 9.59 Å². The molecule has 1 aliphatic heterocycles. The number of ether oxygens (including phenoxy) is 1. The van der Waals surface area contributed by atoms with Crippen LogP contribution in [0.1, 0.15) is 19.3 Å². The van der Waals surface area contributed by atoms with Crippen LogP contribution >= 0.6 is 15.9 Å². The summed E-state index contributed by atoms with van der Waals surface area (Å²) in [4.78, 5) is 24.9. The highest BCUT2D eigenvalue weighted by molar-refractivity contribution is 9.10. The van der Waals surface area contributed by atoms with Gasteiger partial charge in [0.05, 0.1) is 13.0 Å². The van der Waals surface area contributed by atoms with Crippen molar-refractivity contribution < 1.29 is 14.3 Å². The summed E-state index contributed by atoms with van der Waals surface area (Å²) in [6.45, 7) is 1.56. The zero-order valence-corrected chi connectivity index (χ0v) is 13.3. The monoisotopic (exact) mass is 354 g/mol. The third-order valence-corrected chi connectivity index (χ3v) is 4.18. The Kier molecular flexibility index (Phi) is 5.61. The van der Waals surface area contributed by atoms with Gasteiger partial charge in [0, 0.05) is 23.5 Å². The van der Waals surface area contributed by atoms with Gasteiger partial charge in [-0.15, -0.1) is 0 Å². The summed E-state index contributed by atoms with van der Waals surface area (Å²) in [6.07, 6.45) is 1.67. The number of halogens is 1. The summed E-state index contributed by atoms with van der Waals surface area (Å²) in [5.74, 6) is 0.460. The van der Waals surface area contributed by atoms with Crippen LogP contribution in [0, 0.1) is 5.92 Å². The molecule has 0 radical (unpaired) electrons. The van der Waals surface area contributed by atoms with E-state index in [0.717, 1.165) is 10.2 Å². The number of carbonyl (C=O) groups excluding carboxylic acids is 2. The summed E-state index contributed by atoms with van der Waals surface area (Å²) in [5.41, 5.74) is 5.28. The Bertz CT molecular complexity index is 496. The Morgan fingerprint density at radius 1 is 1.24 bits per heavy atom. The second-order valence-electron chi connectivity index (χ2n) is 5.11. The molecule has 2 amide bonds. The first-order valence-electron chi connectivity index (χ1n) is 7.01. The Morgan fingerprint density at radius 3 is 2.43 bits per heavy atom. The van der Waals surface area contributed by atoms with Gasteiger partial charge in [0.1, 0.15) is 5.75 Å². The number of piperidine rings is 1. The van der Waals surface area contributed by atoms with Gasteiger partial charge in [0.25, 0.3) is 0 Å². The SMILES string of the molecule is NC(=O)C1CCN(C(=O)CCOc2ccc(Br)cc2)CC1. The third kappa shape index (κ3) is 4.74. The molecule has 6 heteroatoms. The van der Waals surface area contributed by atoms with Crippen LogP contribution in [0.4, 0.5) is 0 Å². The third-order valence-electron chi connectivity index (χ3n) is 3.65. The van der Waals surface area contributed by atoms with E-state index in [4.69, 9.17) is 10.5 Å². The summed E-state index contributed by atoms with van der Waals surface area (Å²) in [6, 6.07) is 7.50. The van der Waals surface area contributed by atoms with Crippen LogP contribution in [0.3, 0.4) is 0 Å². The van der Waals surface area contributed by atoms with Crippen LogP contribution in [-0.4, -0.2) is 36.4 Å². The number of amides is 2.